The topological polar surface area (TPSA) is 67.9 Å². The van der Waals surface area contributed by atoms with Crippen LogP contribution < -0.4 is 14.8 Å². The van der Waals surface area contributed by atoms with Crippen LogP contribution in [0.15, 0.2) is 48.5 Å². The lowest BCUT2D eigenvalue weighted by molar-refractivity contribution is -0.142. The maximum atomic E-state index is 13.1. The first-order valence-electron chi connectivity index (χ1n) is 10.3. The van der Waals surface area contributed by atoms with Crippen LogP contribution in [0.25, 0.3) is 0 Å². The lowest BCUT2D eigenvalue weighted by Gasteiger charge is -2.30. The number of hydrogen-bond acceptors (Lipinski definition) is 4. The van der Waals surface area contributed by atoms with Crippen LogP contribution in [0.3, 0.4) is 0 Å². The quantitative estimate of drug-likeness (QED) is 0.646. The Labute approximate surface area is 179 Å². The highest BCUT2D eigenvalue weighted by molar-refractivity contribution is 5.88. The molecule has 0 aliphatic heterocycles. The summed E-state index contributed by atoms with van der Waals surface area (Å²) in [5.41, 5.74) is 2.07. The summed E-state index contributed by atoms with van der Waals surface area (Å²) in [5.74, 6) is 0.860. The number of aryl methyl sites for hydroxylation is 1. The van der Waals surface area contributed by atoms with Crippen LogP contribution in [-0.2, 0) is 16.1 Å². The van der Waals surface area contributed by atoms with Crippen LogP contribution in [0.2, 0.25) is 0 Å². The minimum absolute atomic E-state index is 0.0471. The second kappa shape index (κ2) is 11.2. The van der Waals surface area contributed by atoms with Crippen molar-refractivity contribution in [3.05, 3.63) is 59.7 Å². The average molecular weight is 413 g/mol. The first-order chi connectivity index (χ1) is 14.3. The van der Waals surface area contributed by atoms with E-state index >= 15 is 0 Å². The van der Waals surface area contributed by atoms with Crippen molar-refractivity contribution in [1.29, 1.82) is 0 Å². The highest BCUT2D eigenvalue weighted by atomic mass is 16.5. The lowest BCUT2D eigenvalue weighted by Crippen LogP contribution is -2.50. The number of nitrogens with one attached hydrogen (secondary N) is 1. The van der Waals surface area contributed by atoms with Crippen molar-refractivity contribution in [3.63, 3.8) is 0 Å². The van der Waals surface area contributed by atoms with Crippen LogP contribution in [0.4, 0.5) is 0 Å². The van der Waals surface area contributed by atoms with Crippen molar-refractivity contribution in [2.24, 2.45) is 0 Å². The normalized spacial score (nSPS) is 12.6. The van der Waals surface area contributed by atoms with Crippen LogP contribution in [-0.4, -0.2) is 42.5 Å². The lowest BCUT2D eigenvalue weighted by atomic mass is 10.1. The first kappa shape index (κ1) is 23.3. The fourth-order valence-electron chi connectivity index (χ4n) is 2.92. The Morgan fingerprint density at radius 3 is 2.27 bits per heavy atom. The van der Waals surface area contributed by atoms with E-state index in [2.05, 4.69) is 5.32 Å². The third kappa shape index (κ3) is 6.51. The molecule has 0 heterocycles. The molecule has 0 unspecified atom stereocenters. The summed E-state index contributed by atoms with van der Waals surface area (Å²) in [6, 6.07) is 14.3. The van der Waals surface area contributed by atoms with E-state index in [9.17, 15) is 9.59 Å². The van der Waals surface area contributed by atoms with Crippen molar-refractivity contribution < 1.29 is 19.1 Å². The monoisotopic (exact) mass is 412 g/mol. The average Bonchev–Trinajstić information content (AvgIpc) is 2.76. The molecule has 0 aromatic heterocycles. The fraction of sp³-hybridized carbons (Fsp3) is 0.417. The predicted octanol–water partition coefficient (Wildman–Crippen LogP) is 3.71. The third-order valence-corrected chi connectivity index (χ3v) is 5.19. The van der Waals surface area contributed by atoms with Gasteiger partial charge in [0.15, 0.2) is 6.61 Å². The number of amides is 2. The number of carbonyl (C=O) groups is 2. The maximum Gasteiger partial charge on any atom is 0.261 e. The summed E-state index contributed by atoms with van der Waals surface area (Å²) >= 11 is 0. The van der Waals surface area contributed by atoms with Gasteiger partial charge in [-0.25, -0.2) is 0 Å². The highest BCUT2D eigenvalue weighted by Gasteiger charge is 2.27. The minimum atomic E-state index is -0.620. The molecule has 2 aromatic carbocycles. The zero-order valence-electron chi connectivity index (χ0n) is 18.5. The number of rotatable bonds is 10. The van der Waals surface area contributed by atoms with Gasteiger partial charge < -0.3 is 19.7 Å². The number of methoxy groups -OCH3 is 1. The van der Waals surface area contributed by atoms with E-state index in [0.29, 0.717) is 18.0 Å². The second-order valence-corrected chi connectivity index (χ2v) is 7.41. The molecule has 0 bridgehead atoms. The molecule has 0 spiro atoms. The molecule has 30 heavy (non-hydrogen) atoms. The van der Waals surface area contributed by atoms with E-state index in [1.165, 1.54) is 0 Å². The molecule has 0 fully saturated rings. The van der Waals surface area contributed by atoms with Crippen molar-refractivity contribution in [2.45, 2.75) is 52.7 Å². The van der Waals surface area contributed by atoms with Gasteiger partial charge in [-0.05, 0) is 62.6 Å². The number of hydrogen-bond donors (Lipinski definition) is 1. The molecule has 2 rings (SSSR count). The van der Waals surface area contributed by atoms with E-state index in [1.54, 1.807) is 43.2 Å². The van der Waals surface area contributed by atoms with E-state index in [-0.39, 0.29) is 24.5 Å². The van der Waals surface area contributed by atoms with Crippen molar-refractivity contribution in [2.75, 3.05) is 13.7 Å². The van der Waals surface area contributed by atoms with E-state index in [0.717, 1.165) is 17.5 Å². The second-order valence-electron chi connectivity index (χ2n) is 7.41. The smallest absolute Gasteiger partial charge is 0.261 e. The molecular weight excluding hydrogens is 380 g/mol. The van der Waals surface area contributed by atoms with Gasteiger partial charge in [0.05, 0.1) is 7.11 Å². The van der Waals surface area contributed by atoms with Gasteiger partial charge in [0, 0.05) is 12.6 Å². The Balaban J connectivity index is 2.14. The van der Waals surface area contributed by atoms with Gasteiger partial charge >= 0.3 is 0 Å². The van der Waals surface area contributed by atoms with Gasteiger partial charge in [-0.2, -0.15) is 0 Å². The summed E-state index contributed by atoms with van der Waals surface area (Å²) in [5, 5.41) is 2.96. The van der Waals surface area contributed by atoms with E-state index < -0.39 is 6.04 Å². The Bertz CT molecular complexity index is 835. The summed E-state index contributed by atoms with van der Waals surface area (Å²) in [6.45, 7) is 7.89. The fourth-order valence-corrected chi connectivity index (χ4v) is 2.92. The molecule has 0 saturated heterocycles. The van der Waals surface area contributed by atoms with E-state index in [4.69, 9.17) is 9.47 Å². The summed E-state index contributed by atoms with van der Waals surface area (Å²) in [4.78, 5) is 27.3. The molecule has 2 aromatic rings. The molecular formula is C24H32N2O4. The number of ether oxygens (including phenoxy) is 2. The van der Waals surface area contributed by atoms with Crippen molar-refractivity contribution >= 4 is 11.8 Å². The van der Waals surface area contributed by atoms with E-state index in [1.807, 2.05) is 45.0 Å². The predicted molar refractivity (Wildman–Crippen MR) is 118 cm³/mol. The summed E-state index contributed by atoms with van der Waals surface area (Å²) in [7, 11) is 1.59. The third-order valence-electron chi connectivity index (χ3n) is 5.19. The Morgan fingerprint density at radius 1 is 1.03 bits per heavy atom. The molecule has 0 aliphatic rings. The Morgan fingerprint density at radius 2 is 1.67 bits per heavy atom. The summed E-state index contributed by atoms with van der Waals surface area (Å²) < 4.78 is 10.8. The molecule has 162 valence electrons. The van der Waals surface area contributed by atoms with Gasteiger partial charge in [-0.3, -0.25) is 9.59 Å². The first-order valence-corrected chi connectivity index (χ1v) is 10.3. The molecule has 1 N–H and O–H groups in total. The van der Waals surface area contributed by atoms with Crippen LogP contribution >= 0.6 is 0 Å². The molecule has 6 heteroatoms. The van der Waals surface area contributed by atoms with Gasteiger partial charge in [0.1, 0.15) is 17.5 Å². The summed E-state index contributed by atoms with van der Waals surface area (Å²) in [6.07, 6.45) is 0.824. The SMILES string of the molecule is CC[C@@H](C)NC(=O)[C@@H](C)N(Cc1ccccc1C)C(=O)COc1ccc(OC)cc1. The van der Waals surface area contributed by atoms with Crippen LogP contribution in [0.1, 0.15) is 38.3 Å². The van der Waals surface area contributed by atoms with Crippen LogP contribution in [0, 0.1) is 6.92 Å². The molecule has 6 nitrogen and oxygen atoms in total. The molecule has 0 radical (unpaired) electrons. The zero-order valence-corrected chi connectivity index (χ0v) is 18.5. The highest BCUT2D eigenvalue weighted by Crippen LogP contribution is 2.18. The minimum Gasteiger partial charge on any atom is -0.497 e. The molecule has 0 saturated carbocycles. The molecule has 2 amide bonds. The van der Waals surface area contributed by atoms with Crippen molar-refractivity contribution in [3.8, 4) is 11.5 Å². The molecule has 0 aliphatic carbocycles. The number of nitrogens with zero attached hydrogens (tertiary/aromatic N) is 1. The largest absolute Gasteiger partial charge is 0.497 e. The number of benzene rings is 2. The Hall–Kier alpha value is -3.02. The number of carbonyl (C=O) groups excluding carboxylic acids is 2. The zero-order chi connectivity index (χ0) is 22.1. The Kier molecular flexibility index (Phi) is 8.71. The van der Waals surface area contributed by atoms with Crippen molar-refractivity contribution in [1.82, 2.24) is 10.2 Å². The molecule has 2 atom stereocenters. The van der Waals surface area contributed by atoms with Gasteiger partial charge in [-0.15, -0.1) is 0 Å². The standard InChI is InChI=1S/C24H32N2O4/c1-6-18(3)25-24(28)19(4)26(15-20-10-8-7-9-17(20)2)23(27)16-30-22-13-11-21(29-5)12-14-22/h7-14,18-19H,6,15-16H2,1-5H3,(H,25,28)/t18-,19-/m1/s1. The van der Waals surface area contributed by atoms with Crippen LogP contribution in [0.5, 0.6) is 11.5 Å². The maximum absolute atomic E-state index is 13.1. The van der Waals surface area contributed by atoms with Gasteiger partial charge in [0.2, 0.25) is 5.91 Å². The van der Waals surface area contributed by atoms with Gasteiger partial charge in [-0.1, -0.05) is 31.2 Å². The van der Waals surface area contributed by atoms with Gasteiger partial charge in [0.25, 0.3) is 5.91 Å².